The van der Waals surface area contributed by atoms with Crippen molar-refractivity contribution in [1.82, 2.24) is 29.4 Å². The van der Waals surface area contributed by atoms with Crippen LogP contribution in [0.1, 0.15) is 31.5 Å². The van der Waals surface area contributed by atoms with Crippen molar-refractivity contribution in [3.8, 4) is 5.75 Å². The van der Waals surface area contributed by atoms with Crippen molar-refractivity contribution in [2.75, 3.05) is 37.4 Å². The van der Waals surface area contributed by atoms with E-state index in [2.05, 4.69) is 42.7 Å². The molecule has 0 amide bonds. The van der Waals surface area contributed by atoms with Crippen molar-refractivity contribution >= 4 is 50.8 Å². The van der Waals surface area contributed by atoms with Crippen molar-refractivity contribution in [3.05, 3.63) is 33.4 Å². The Bertz CT molecular complexity index is 1380. The number of benzene rings is 1. The van der Waals surface area contributed by atoms with Crippen LogP contribution in [0.4, 0.5) is 11.6 Å². The van der Waals surface area contributed by atoms with Gasteiger partial charge in [0.15, 0.2) is 11.5 Å². The number of rotatable bonds is 5. The van der Waals surface area contributed by atoms with E-state index >= 15 is 0 Å². The fraction of sp³-hybridized carbons (Fsp3) is 0.455. The Hall–Kier alpha value is -2.71. The number of hydrogen-bond acceptors (Lipinski definition) is 9. The summed E-state index contributed by atoms with van der Waals surface area (Å²) >= 11 is 2.23. The average Bonchev–Trinajstić information content (AvgIpc) is 3.38. The van der Waals surface area contributed by atoms with Crippen LogP contribution in [0.5, 0.6) is 5.75 Å². The summed E-state index contributed by atoms with van der Waals surface area (Å²) in [5, 5.41) is 20.1. The lowest BCUT2D eigenvalue weighted by Crippen LogP contribution is -2.39. The van der Waals surface area contributed by atoms with Gasteiger partial charge >= 0.3 is 0 Å². The molecule has 3 N–H and O–H groups in total. The van der Waals surface area contributed by atoms with Gasteiger partial charge in [0.05, 0.1) is 59.1 Å². The Labute approximate surface area is 210 Å². The van der Waals surface area contributed by atoms with Gasteiger partial charge in [0.25, 0.3) is 0 Å². The second kappa shape index (κ2) is 8.50. The molecule has 3 aromatic heterocycles. The van der Waals surface area contributed by atoms with E-state index in [1.165, 1.54) is 0 Å². The van der Waals surface area contributed by atoms with Crippen LogP contribution in [0.3, 0.4) is 0 Å². The van der Waals surface area contributed by atoms with Gasteiger partial charge in [0.1, 0.15) is 11.9 Å². The van der Waals surface area contributed by atoms with Gasteiger partial charge < -0.3 is 25.2 Å². The molecule has 1 atom stereocenters. The fourth-order valence-electron chi connectivity index (χ4n) is 4.24. The summed E-state index contributed by atoms with van der Waals surface area (Å²) in [5.74, 6) is 1.54. The Morgan fingerprint density at radius 2 is 2.12 bits per heavy atom. The first kappa shape index (κ1) is 23.1. The van der Waals surface area contributed by atoms with Crippen LogP contribution in [0.2, 0.25) is 0 Å². The lowest BCUT2D eigenvalue weighted by atomic mass is 10.1. The molecule has 0 spiro atoms. The molecule has 1 fully saturated rings. The van der Waals surface area contributed by atoms with E-state index in [1.807, 2.05) is 29.9 Å². The van der Waals surface area contributed by atoms with Gasteiger partial charge in [-0.3, -0.25) is 4.68 Å². The number of nitrogens with zero attached hydrogens (tertiary/aromatic N) is 7. The summed E-state index contributed by atoms with van der Waals surface area (Å²) in [5.41, 5.74) is 8.70. The number of halogens is 1. The van der Waals surface area contributed by atoms with Crippen LogP contribution in [-0.2, 0) is 11.3 Å². The van der Waals surface area contributed by atoms with E-state index in [4.69, 9.17) is 20.2 Å². The van der Waals surface area contributed by atoms with Gasteiger partial charge in [0, 0.05) is 18.0 Å². The molecule has 0 aliphatic carbocycles. The number of morpholine rings is 1. The molecule has 0 radical (unpaired) electrons. The Balaban J connectivity index is 1.48. The van der Waals surface area contributed by atoms with Crippen LogP contribution in [0.15, 0.2) is 18.3 Å². The first-order valence-electron chi connectivity index (χ1n) is 11.0. The molecule has 4 heterocycles. The van der Waals surface area contributed by atoms with Crippen molar-refractivity contribution in [2.45, 2.75) is 39.0 Å². The second-order valence-electron chi connectivity index (χ2n) is 9.07. The molecular weight excluding hydrogens is 551 g/mol. The standard InChI is InChI=1S/C22H27IN8O3/c1-12-16(9-25-30(12)11-22(2,3)32)29-5-6-34-18(10-29)19-27-20-13-7-14(23)17(33-4)8-15(13)26-21(24)31(20)28-19/h7-9,18,32H,5-6,10-11H2,1-4H3,(H2,24,26)/t18-/m1/s1. The molecule has 0 unspecified atom stereocenters. The van der Waals surface area contributed by atoms with Crippen LogP contribution in [0, 0.1) is 10.5 Å². The van der Waals surface area contributed by atoms with E-state index in [0.29, 0.717) is 36.7 Å². The largest absolute Gasteiger partial charge is 0.496 e. The van der Waals surface area contributed by atoms with Crippen LogP contribution in [-0.4, -0.2) is 66.9 Å². The van der Waals surface area contributed by atoms with Crippen molar-refractivity contribution < 1.29 is 14.6 Å². The molecule has 0 bridgehead atoms. The lowest BCUT2D eigenvalue weighted by molar-refractivity contribution is 0.0341. The maximum Gasteiger partial charge on any atom is 0.223 e. The molecule has 11 nitrogen and oxygen atoms in total. The normalized spacial score (nSPS) is 17.1. The Morgan fingerprint density at radius 1 is 1.32 bits per heavy atom. The Morgan fingerprint density at radius 3 is 2.85 bits per heavy atom. The zero-order valence-corrected chi connectivity index (χ0v) is 21.6. The van der Waals surface area contributed by atoms with Gasteiger partial charge in [-0.05, 0) is 49.4 Å². The third-order valence-corrected chi connectivity index (χ3v) is 6.74. The zero-order valence-electron chi connectivity index (χ0n) is 19.5. The summed E-state index contributed by atoms with van der Waals surface area (Å²) < 4.78 is 15.8. The van der Waals surface area contributed by atoms with E-state index < -0.39 is 5.60 Å². The van der Waals surface area contributed by atoms with Crippen molar-refractivity contribution in [3.63, 3.8) is 0 Å². The topological polar surface area (TPSA) is 129 Å². The van der Waals surface area contributed by atoms with E-state index in [-0.39, 0.29) is 12.1 Å². The molecule has 12 heteroatoms. The molecule has 5 rings (SSSR count). The number of methoxy groups -OCH3 is 1. The highest BCUT2D eigenvalue weighted by molar-refractivity contribution is 14.1. The zero-order chi connectivity index (χ0) is 24.2. The Kier molecular flexibility index (Phi) is 5.76. The number of anilines is 2. The first-order chi connectivity index (χ1) is 16.1. The molecule has 180 valence electrons. The SMILES string of the molecule is COc1cc2nc(N)n3nc([C@H]4CN(c5cnn(CC(C)(C)O)c5C)CCO4)nc3c2cc1I. The van der Waals surface area contributed by atoms with Gasteiger partial charge in [0.2, 0.25) is 5.95 Å². The number of fused-ring (bicyclic) bond motifs is 3. The third kappa shape index (κ3) is 4.14. The summed E-state index contributed by atoms with van der Waals surface area (Å²) in [4.78, 5) is 11.5. The van der Waals surface area contributed by atoms with Crippen LogP contribution >= 0.6 is 22.6 Å². The minimum atomic E-state index is -0.847. The summed E-state index contributed by atoms with van der Waals surface area (Å²) in [6.45, 7) is 7.80. The monoisotopic (exact) mass is 578 g/mol. The van der Waals surface area contributed by atoms with Gasteiger partial charge in [-0.1, -0.05) is 0 Å². The molecular formula is C22H27IN8O3. The predicted molar refractivity (Wildman–Crippen MR) is 136 cm³/mol. The number of ether oxygens (including phenoxy) is 2. The molecule has 1 aliphatic rings. The number of nitrogen functional groups attached to an aromatic ring is 1. The number of aromatic nitrogens is 6. The van der Waals surface area contributed by atoms with Gasteiger partial charge in [-0.2, -0.15) is 9.61 Å². The molecule has 34 heavy (non-hydrogen) atoms. The summed E-state index contributed by atoms with van der Waals surface area (Å²) in [6.07, 6.45) is 1.50. The molecule has 1 saturated heterocycles. The smallest absolute Gasteiger partial charge is 0.223 e. The first-order valence-corrected chi connectivity index (χ1v) is 12.0. The van der Waals surface area contributed by atoms with Crippen molar-refractivity contribution in [1.29, 1.82) is 0 Å². The number of nitrogens with two attached hydrogens (primary N) is 1. The third-order valence-electron chi connectivity index (χ3n) is 5.90. The molecule has 1 aliphatic heterocycles. The van der Waals surface area contributed by atoms with Gasteiger partial charge in [-0.15, -0.1) is 5.10 Å². The number of aliphatic hydroxyl groups is 1. The lowest BCUT2D eigenvalue weighted by Gasteiger charge is -2.33. The highest BCUT2D eigenvalue weighted by Crippen LogP contribution is 2.31. The minimum absolute atomic E-state index is 0.251. The average molecular weight is 578 g/mol. The second-order valence-corrected chi connectivity index (χ2v) is 10.2. The van der Waals surface area contributed by atoms with E-state index in [1.54, 1.807) is 25.5 Å². The van der Waals surface area contributed by atoms with Crippen molar-refractivity contribution in [2.24, 2.45) is 0 Å². The fourth-order valence-corrected chi connectivity index (χ4v) is 4.92. The minimum Gasteiger partial charge on any atom is -0.496 e. The highest BCUT2D eigenvalue weighted by atomic mass is 127. The van der Waals surface area contributed by atoms with Crippen LogP contribution in [0.25, 0.3) is 16.6 Å². The quantitative estimate of drug-likeness (QED) is 0.343. The van der Waals surface area contributed by atoms with E-state index in [9.17, 15) is 5.11 Å². The van der Waals surface area contributed by atoms with Crippen LogP contribution < -0.4 is 15.4 Å². The van der Waals surface area contributed by atoms with E-state index in [0.717, 1.165) is 32.6 Å². The number of hydrogen-bond donors (Lipinski definition) is 2. The molecule has 4 aromatic rings. The van der Waals surface area contributed by atoms with Gasteiger partial charge in [-0.25, -0.2) is 9.97 Å². The summed E-state index contributed by atoms with van der Waals surface area (Å²) in [7, 11) is 1.63. The summed E-state index contributed by atoms with van der Waals surface area (Å²) in [6, 6.07) is 3.83. The maximum absolute atomic E-state index is 10.2. The molecule has 0 saturated carbocycles. The highest BCUT2D eigenvalue weighted by Gasteiger charge is 2.29. The molecule has 1 aromatic carbocycles. The maximum atomic E-state index is 10.2. The predicted octanol–water partition coefficient (Wildman–Crippen LogP) is 2.33.